The van der Waals surface area contributed by atoms with E-state index in [0.29, 0.717) is 55.1 Å². The van der Waals surface area contributed by atoms with Gasteiger partial charge < -0.3 is 24.3 Å². The van der Waals surface area contributed by atoms with Crippen molar-refractivity contribution in [3.63, 3.8) is 0 Å². The maximum absolute atomic E-state index is 13.0. The summed E-state index contributed by atoms with van der Waals surface area (Å²) in [5.74, 6) is 1.50. The zero-order valence-electron chi connectivity index (χ0n) is 17.4. The molecule has 3 aromatic carbocycles. The topological polar surface area (TPSA) is 112 Å². The summed E-state index contributed by atoms with van der Waals surface area (Å²) < 4.78 is 50.5. The van der Waals surface area contributed by atoms with E-state index in [4.69, 9.17) is 18.9 Å². The summed E-state index contributed by atoms with van der Waals surface area (Å²) in [5.41, 5.74) is 0.796. The number of fused-ring (bicyclic) bond motifs is 2. The average molecular weight is 468 g/mol. The predicted octanol–water partition coefficient (Wildman–Crippen LogP) is 3.28. The van der Waals surface area contributed by atoms with E-state index in [1.165, 1.54) is 24.3 Å². The fourth-order valence-electron chi connectivity index (χ4n) is 3.48. The first-order valence-electron chi connectivity index (χ1n) is 10.2. The molecule has 0 unspecified atom stereocenters. The number of anilines is 2. The molecule has 33 heavy (non-hydrogen) atoms. The minimum absolute atomic E-state index is 0.00574. The fraction of sp³-hybridized carbons (Fsp3) is 0.174. The third-order valence-corrected chi connectivity index (χ3v) is 6.40. The van der Waals surface area contributed by atoms with Gasteiger partial charge in [-0.3, -0.25) is 9.52 Å². The van der Waals surface area contributed by atoms with E-state index in [0.717, 1.165) is 0 Å². The molecular weight excluding hydrogens is 448 g/mol. The predicted molar refractivity (Wildman–Crippen MR) is 120 cm³/mol. The van der Waals surface area contributed by atoms with E-state index in [-0.39, 0.29) is 16.1 Å². The molecule has 0 radical (unpaired) electrons. The Morgan fingerprint density at radius 2 is 1.33 bits per heavy atom. The number of amides is 1. The Morgan fingerprint density at radius 3 is 2.06 bits per heavy atom. The van der Waals surface area contributed by atoms with Crippen molar-refractivity contribution < 1.29 is 32.2 Å². The van der Waals surface area contributed by atoms with E-state index in [1.807, 2.05) is 0 Å². The van der Waals surface area contributed by atoms with E-state index < -0.39 is 15.9 Å². The van der Waals surface area contributed by atoms with E-state index in [2.05, 4.69) is 10.0 Å². The van der Waals surface area contributed by atoms with Crippen molar-refractivity contribution >= 4 is 27.3 Å². The number of hydrogen-bond acceptors (Lipinski definition) is 7. The molecule has 0 aromatic heterocycles. The Balaban J connectivity index is 1.38. The van der Waals surface area contributed by atoms with Crippen molar-refractivity contribution in [3.8, 4) is 23.0 Å². The number of benzene rings is 3. The second-order valence-electron chi connectivity index (χ2n) is 7.27. The molecule has 2 N–H and O–H groups in total. The molecule has 2 heterocycles. The summed E-state index contributed by atoms with van der Waals surface area (Å²) in [5, 5.41) is 2.77. The van der Waals surface area contributed by atoms with Crippen LogP contribution in [0.25, 0.3) is 0 Å². The molecule has 170 valence electrons. The highest BCUT2D eigenvalue weighted by molar-refractivity contribution is 7.92. The van der Waals surface area contributed by atoms with Crippen LogP contribution in [0.4, 0.5) is 11.4 Å². The van der Waals surface area contributed by atoms with E-state index in [1.54, 1.807) is 36.4 Å². The minimum atomic E-state index is -3.99. The highest BCUT2D eigenvalue weighted by Crippen LogP contribution is 2.34. The number of sulfonamides is 1. The molecule has 0 spiro atoms. The quantitative estimate of drug-likeness (QED) is 0.591. The normalized spacial score (nSPS) is 14.3. The second kappa shape index (κ2) is 8.55. The monoisotopic (exact) mass is 468 g/mol. The second-order valence-corrected chi connectivity index (χ2v) is 8.95. The van der Waals surface area contributed by atoms with Crippen LogP contribution in [0.1, 0.15) is 10.4 Å². The largest absolute Gasteiger partial charge is 0.486 e. The van der Waals surface area contributed by atoms with Crippen LogP contribution in [-0.4, -0.2) is 40.8 Å². The molecule has 3 aromatic rings. The summed E-state index contributed by atoms with van der Waals surface area (Å²) in [7, 11) is -3.99. The minimum Gasteiger partial charge on any atom is -0.486 e. The fourth-order valence-corrected chi connectivity index (χ4v) is 4.58. The molecule has 0 bridgehead atoms. The third-order valence-electron chi connectivity index (χ3n) is 5.04. The summed E-state index contributed by atoms with van der Waals surface area (Å²) in [4.78, 5) is 13.0. The first kappa shape index (κ1) is 21.0. The Bertz CT molecular complexity index is 1320. The number of ether oxygens (including phenoxy) is 4. The van der Waals surface area contributed by atoms with Gasteiger partial charge in [-0.15, -0.1) is 0 Å². The maximum Gasteiger partial charge on any atom is 0.262 e. The first-order valence-corrected chi connectivity index (χ1v) is 11.7. The van der Waals surface area contributed by atoms with Gasteiger partial charge in [-0.1, -0.05) is 12.1 Å². The molecular formula is C23H20N2O7S. The molecule has 2 aliphatic rings. The van der Waals surface area contributed by atoms with Gasteiger partial charge in [0.2, 0.25) is 0 Å². The molecule has 0 saturated carbocycles. The lowest BCUT2D eigenvalue weighted by molar-refractivity contribution is 0.102. The van der Waals surface area contributed by atoms with Gasteiger partial charge in [0.15, 0.2) is 23.0 Å². The number of para-hydroxylation sites is 1. The standard InChI is InChI=1S/C23H20N2O7S/c26-23(24-15-5-7-19-21(13-15)31-11-9-29-19)17-3-1-2-4-18(17)25-33(27,28)16-6-8-20-22(14-16)32-12-10-30-20/h1-8,13-14,25H,9-12H2,(H,24,26). The zero-order valence-corrected chi connectivity index (χ0v) is 18.2. The molecule has 0 fully saturated rings. The molecule has 0 atom stereocenters. The number of nitrogens with one attached hydrogen (secondary N) is 2. The van der Waals surface area contributed by atoms with Crippen LogP contribution in [-0.2, 0) is 10.0 Å². The SMILES string of the molecule is O=C(Nc1ccc2c(c1)OCCO2)c1ccccc1NS(=O)(=O)c1ccc2c(c1)OCCO2. The molecule has 5 rings (SSSR count). The van der Waals surface area contributed by atoms with Crippen LogP contribution in [0.5, 0.6) is 23.0 Å². The van der Waals surface area contributed by atoms with Crippen molar-refractivity contribution in [2.24, 2.45) is 0 Å². The Hall–Kier alpha value is -3.92. The lowest BCUT2D eigenvalue weighted by Gasteiger charge is -2.20. The maximum atomic E-state index is 13.0. The van der Waals surface area contributed by atoms with Crippen LogP contribution < -0.4 is 29.0 Å². The van der Waals surface area contributed by atoms with E-state index in [9.17, 15) is 13.2 Å². The highest BCUT2D eigenvalue weighted by Gasteiger charge is 2.22. The summed E-state index contributed by atoms with van der Waals surface area (Å²) in [6.07, 6.45) is 0. The van der Waals surface area contributed by atoms with Gasteiger partial charge in [0, 0.05) is 17.8 Å². The zero-order chi connectivity index (χ0) is 22.8. The molecule has 10 heteroatoms. The summed E-state index contributed by atoms with van der Waals surface area (Å²) in [6.45, 7) is 1.64. The third kappa shape index (κ3) is 4.37. The summed E-state index contributed by atoms with van der Waals surface area (Å²) in [6, 6.07) is 15.8. The lowest BCUT2D eigenvalue weighted by atomic mass is 10.1. The van der Waals surface area contributed by atoms with Crippen molar-refractivity contribution in [2.45, 2.75) is 4.90 Å². The number of hydrogen-bond donors (Lipinski definition) is 2. The van der Waals surface area contributed by atoms with Crippen LogP contribution >= 0.6 is 0 Å². The van der Waals surface area contributed by atoms with Crippen LogP contribution in [0.2, 0.25) is 0 Å². The molecule has 1 amide bonds. The Kier molecular flexibility index (Phi) is 5.43. The van der Waals surface area contributed by atoms with Gasteiger partial charge in [-0.05, 0) is 36.4 Å². The van der Waals surface area contributed by atoms with Crippen LogP contribution in [0, 0.1) is 0 Å². The van der Waals surface area contributed by atoms with Gasteiger partial charge in [0.05, 0.1) is 16.1 Å². The highest BCUT2D eigenvalue weighted by atomic mass is 32.2. The van der Waals surface area contributed by atoms with Crippen LogP contribution in [0.3, 0.4) is 0 Å². The number of carbonyl (C=O) groups excluding carboxylic acids is 1. The first-order chi connectivity index (χ1) is 16.0. The smallest absolute Gasteiger partial charge is 0.262 e. The van der Waals surface area contributed by atoms with Crippen molar-refractivity contribution in [1.29, 1.82) is 0 Å². The number of rotatable bonds is 5. The summed E-state index contributed by atoms with van der Waals surface area (Å²) >= 11 is 0. The molecule has 2 aliphatic heterocycles. The molecule has 0 aliphatic carbocycles. The van der Waals surface area contributed by atoms with Gasteiger partial charge in [0.1, 0.15) is 26.4 Å². The van der Waals surface area contributed by atoms with Gasteiger partial charge in [0.25, 0.3) is 15.9 Å². The Labute approximate surface area is 190 Å². The average Bonchev–Trinajstić information content (AvgIpc) is 2.83. The van der Waals surface area contributed by atoms with Gasteiger partial charge in [-0.2, -0.15) is 0 Å². The van der Waals surface area contributed by atoms with E-state index >= 15 is 0 Å². The Morgan fingerprint density at radius 1 is 0.727 bits per heavy atom. The van der Waals surface area contributed by atoms with Crippen molar-refractivity contribution in [1.82, 2.24) is 0 Å². The van der Waals surface area contributed by atoms with Gasteiger partial charge in [-0.25, -0.2) is 8.42 Å². The van der Waals surface area contributed by atoms with Crippen molar-refractivity contribution in [3.05, 3.63) is 66.2 Å². The molecule has 9 nitrogen and oxygen atoms in total. The molecule has 0 saturated heterocycles. The van der Waals surface area contributed by atoms with Gasteiger partial charge >= 0.3 is 0 Å². The number of carbonyl (C=O) groups is 1. The van der Waals surface area contributed by atoms with Crippen molar-refractivity contribution in [2.75, 3.05) is 36.5 Å². The van der Waals surface area contributed by atoms with Crippen LogP contribution in [0.15, 0.2) is 65.6 Å². The lowest BCUT2D eigenvalue weighted by Crippen LogP contribution is -2.20.